The summed E-state index contributed by atoms with van der Waals surface area (Å²) in [4.78, 5) is 5.43. The standard InChI is InChI=1S/C8H7ClF2N2/c9-6-1-2-12-7(3-6)13-4-8(10,11)5-13/h1-3H,4-5H2. The first kappa shape index (κ1) is 8.69. The molecule has 0 radical (unpaired) electrons. The van der Waals surface area contributed by atoms with Gasteiger partial charge in [0.2, 0.25) is 0 Å². The second-order valence-electron chi connectivity index (χ2n) is 3.04. The van der Waals surface area contributed by atoms with Crippen molar-refractivity contribution in [1.29, 1.82) is 0 Å². The monoisotopic (exact) mass is 204 g/mol. The van der Waals surface area contributed by atoms with Gasteiger partial charge in [0.05, 0.1) is 13.1 Å². The predicted molar refractivity (Wildman–Crippen MR) is 46.4 cm³/mol. The zero-order chi connectivity index (χ0) is 9.47. The minimum absolute atomic E-state index is 0.264. The molecule has 2 rings (SSSR count). The number of halogens is 3. The van der Waals surface area contributed by atoms with Crippen LogP contribution in [0.1, 0.15) is 0 Å². The smallest absolute Gasteiger partial charge is 0.282 e. The van der Waals surface area contributed by atoms with Crippen LogP contribution in [0.5, 0.6) is 0 Å². The molecule has 5 heteroatoms. The van der Waals surface area contributed by atoms with Crippen molar-refractivity contribution in [3.05, 3.63) is 23.4 Å². The van der Waals surface area contributed by atoms with Crippen LogP contribution in [0.15, 0.2) is 18.3 Å². The van der Waals surface area contributed by atoms with Gasteiger partial charge >= 0.3 is 0 Å². The van der Waals surface area contributed by atoms with Gasteiger partial charge in [-0.1, -0.05) is 11.6 Å². The highest BCUT2D eigenvalue weighted by Crippen LogP contribution is 2.31. The van der Waals surface area contributed by atoms with E-state index in [0.717, 1.165) is 0 Å². The van der Waals surface area contributed by atoms with Gasteiger partial charge in [0, 0.05) is 11.2 Å². The van der Waals surface area contributed by atoms with E-state index in [1.807, 2.05) is 0 Å². The Morgan fingerprint density at radius 2 is 2.15 bits per heavy atom. The van der Waals surface area contributed by atoms with E-state index >= 15 is 0 Å². The van der Waals surface area contributed by atoms with E-state index in [-0.39, 0.29) is 13.1 Å². The van der Waals surface area contributed by atoms with Crippen LogP contribution in [0, 0.1) is 0 Å². The van der Waals surface area contributed by atoms with E-state index in [4.69, 9.17) is 11.6 Å². The molecule has 0 atom stereocenters. The molecule has 1 fully saturated rings. The topological polar surface area (TPSA) is 16.1 Å². The van der Waals surface area contributed by atoms with E-state index in [9.17, 15) is 8.78 Å². The molecular weight excluding hydrogens is 198 g/mol. The van der Waals surface area contributed by atoms with Gasteiger partial charge in [-0.3, -0.25) is 0 Å². The zero-order valence-electron chi connectivity index (χ0n) is 6.67. The molecule has 0 aliphatic carbocycles. The van der Waals surface area contributed by atoms with Crippen LogP contribution in [0.4, 0.5) is 14.6 Å². The van der Waals surface area contributed by atoms with Gasteiger partial charge in [-0.05, 0) is 12.1 Å². The fraction of sp³-hybridized carbons (Fsp3) is 0.375. The van der Waals surface area contributed by atoms with Gasteiger partial charge in [0.15, 0.2) is 0 Å². The van der Waals surface area contributed by atoms with Crippen LogP contribution in [0.25, 0.3) is 0 Å². The molecule has 1 aliphatic heterocycles. The van der Waals surface area contributed by atoms with Crippen LogP contribution >= 0.6 is 11.6 Å². The average molecular weight is 205 g/mol. The molecule has 0 saturated carbocycles. The molecule has 2 heterocycles. The Bertz CT molecular complexity index is 322. The molecular formula is C8H7ClF2N2. The second kappa shape index (κ2) is 2.80. The molecule has 1 saturated heterocycles. The van der Waals surface area contributed by atoms with Crippen molar-refractivity contribution in [2.45, 2.75) is 5.92 Å². The Kier molecular flexibility index (Phi) is 1.87. The van der Waals surface area contributed by atoms with Crippen molar-refractivity contribution in [3.8, 4) is 0 Å². The van der Waals surface area contributed by atoms with Gasteiger partial charge < -0.3 is 4.90 Å². The van der Waals surface area contributed by atoms with Crippen LogP contribution in [0.3, 0.4) is 0 Å². The highest BCUT2D eigenvalue weighted by Gasteiger charge is 2.44. The number of pyridine rings is 1. The van der Waals surface area contributed by atoms with E-state index in [1.165, 1.54) is 11.1 Å². The third kappa shape index (κ3) is 1.72. The molecule has 0 spiro atoms. The first-order valence-corrected chi connectivity index (χ1v) is 4.19. The molecule has 0 bridgehead atoms. The Hall–Kier alpha value is -0.900. The largest absolute Gasteiger partial charge is 0.344 e. The molecule has 0 aromatic carbocycles. The second-order valence-corrected chi connectivity index (χ2v) is 3.48. The Morgan fingerprint density at radius 3 is 2.69 bits per heavy atom. The van der Waals surface area contributed by atoms with Gasteiger partial charge in [0.1, 0.15) is 5.82 Å². The minimum Gasteiger partial charge on any atom is -0.344 e. The Labute approximate surface area is 79.1 Å². The fourth-order valence-corrected chi connectivity index (χ4v) is 1.39. The normalized spacial score (nSPS) is 19.8. The Balaban J connectivity index is 2.11. The van der Waals surface area contributed by atoms with Crippen molar-refractivity contribution in [2.24, 2.45) is 0 Å². The summed E-state index contributed by atoms with van der Waals surface area (Å²) in [5, 5.41) is 0.514. The lowest BCUT2D eigenvalue weighted by molar-refractivity contribution is -0.0266. The van der Waals surface area contributed by atoms with Crippen molar-refractivity contribution in [1.82, 2.24) is 4.98 Å². The average Bonchev–Trinajstić information content (AvgIpc) is 2.00. The number of anilines is 1. The summed E-state index contributed by atoms with van der Waals surface area (Å²) in [7, 11) is 0. The van der Waals surface area contributed by atoms with Crippen molar-refractivity contribution >= 4 is 17.4 Å². The number of alkyl halides is 2. The third-order valence-corrected chi connectivity index (χ3v) is 2.11. The number of hydrogen-bond donors (Lipinski definition) is 0. The lowest BCUT2D eigenvalue weighted by atomic mass is 10.1. The highest BCUT2D eigenvalue weighted by molar-refractivity contribution is 6.30. The van der Waals surface area contributed by atoms with Crippen LogP contribution in [-0.4, -0.2) is 24.0 Å². The maximum atomic E-state index is 12.5. The number of hydrogen-bond acceptors (Lipinski definition) is 2. The van der Waals surface area contributed by atoms with E-state index in [0.29, 0.717) is 10.8 Å². The molecule has 0 amide bonds. The molecule has 0 unspecified atom stereocenters. The first-order chi connectivity index (χ1) is 6.07. The molecule has 0 N–H and O–H groups in total. The summed E-state index contributed by atoms with van der Waals surface area (Å²) in [6, 6.07) is 3.19. The maximum Gasteiger partial charge on any atom is 0.282 e. The lowest BCUT2D eigenvalue weighted by Crippen LogP contribution is -2.56. The summed E-state index contributed by atoms with van der Waals surface area (Å²) in [6.45, 7) is -0.527. The Morgan fingerprint density at radius 1 is 1.46 bits per heavy atom. The molecule has 13 heavy (non-hydrogen) atoms. The summed E-state index contributed by atoms with van der Waals surface area (Å²) in [5.74, 6) is -2.05. The zero-order valence-corrected chi connectivity index (χ0v) is 7.43. The molecule has 70 valence electrons. The van der Waals surface area contributed by atoms with E-state index < -0.39 is 5.92 Å². The van der Waals surface area contributed by atoms with E-state index in [1.54, 1.807) is 12.1 Å². The molecule has 1 aromatic heterocycles. The van der Waals surface area contributed by atoms with Crippen molar-refractivity contribution in [3.63, 3.8) is 0 Å². The fourth-order valence-electron chi connectivity index (χ4n) is 1.24. The highest BCUT2D eigenvalue weighted by atomic mass is 35.5. The predicted octanol–water partition coefficient (Wildman–Crippen LogP) is 2.19. The molecule has 1 aliphatic rings. The van der Waals surface area contributed by atoms with Crippen LogP contribution < -0.4 is 4.90 Å². The summed E-state index contributed by atoms with van der Waals surface area (Å²) < 4.78 is 24.9. The first-order valence-electron chi connectivity index (χ1n) is 3.81. The van der Waals surface area contributed by atoms with Gasteiger partial charge in [0.25, 0.3) is 5.92 Å². The molecule has 1 aromatic rings. The van der Waals surface area contributed by atoms with Crippen molar-refractivity contribution in [2.75, 3.05) is 18.0 Å². The number of nitrogens with zero attached hydrogens (tertiary/aromatic N) is 2. The maximum absolute atomic E-state index is 12.5. The molecule has 2 nitrogen and oxygen atoms in total. The number of aromatic nitrogens is 1. The SMILES string of the molecule is FC1(F)CN(c2cc(Cl)ccn2)C1. The van der Waals surface area contributed by atoms with Crippen LogP contribution in [0.2, 0.25) is 5.02 Å². The van der Waals surface area contributed by atoms with Gasteiger partial charge in [-0.25, -0.2) is 13.8 Å². The summed E-state index contributed by atoms with van der Waals surface area (Å²) in [5.41, 5.74) is 0. The lowest BCUT2D eigenvalue weighted by Gasteiger charge is -2.39. The van der Waals surface area contributed by atoms with Crippen LogP contribution in [-0.2, 0) is 0 Å². The number of rotatable bonds is 1. The quantitative estimate of drug-likeness (QED) is 0.697. The van der Waals surface area contributed by atoms with E-state index in [2.05, 4.69) is 4.98 Å². The summed E-state index contributed by atoms with van der Waals surface area (Å²) in [6.07, 6.45) is 1.51. The van der Waals surface area contributed by atoms with Gasteiger partial charge in [-0.15, -0.1) is 0 Å². The van der Waals surface area contributed by atoms with Crippen molar-refractivity contribution < 1.29 is 8.78 Å². The third-order valence-electron chi connectivity index (χ3n) is 1.88. The minimum atomic E-state index is -2.57. The summed E-state index contributed by atoms with van der Waals surface area (Å²) >= 11 is 5.69. The van der Waals surface area contributed by atoms with Gasteiger partial charge in [-0.2, -0.15) is 0 Å².